The molecule has 0 aliphatic rings. The fourth-order valence-electron chi connectivity index (χ4n) is 10.6. The van der Waals surface area contributed by atoms with Gasteiger partial charge in [-0.3, -0.25) is 37.3 Å². The van der Waals surface area contributed by atoms with Gasteiger partial charge in [0, 0.05) is 25.7 Å². The van der Waals surface area contributed by atoms with Gasteiger partial charge < -0.3 is 33.8 Å². The van der Waals surface area contributed by atoms with Crippen molar-refractivity contribution in [2.75, 3.05) is 39.6 Å². The van der Waals surface area contributed by atoms with Gasteiger partial charge in [0.15, 0.2) is 12.2 Å². The largest absolute Gasteiger partial charge is 0.472 e. The first-order valence-corrected chi connectivity index (χ1v) is 40.3. The highest BCUT2D eigenvalue weighted by molar-refractivity contribution is 7.47. The summed E-state index contributed by atoms with van der Waals surface area (Å²) in [7, 11) is -9.92. The summed E-state index contributed by atoms with van der Waals surface area (Å²) >= 11 is 0. The van der Waals surface area contributed by atoms with E-state index in [0.29, 0.717) is 25.7 Å². The number of phosphoric ester groups is 2. The molecule has 0 bridgehead atoms. The Kier molecular flexibility index (Phi) is 62.8. The van der Waals surface area contributed by atoms with Crippen molar-refractivity contribution in [2.24, 2.45) is 11.8 Å². The number of phosphoric acid groups is 2. The molecule has 0 saturated heterocycles. The number of esters is 4. The molecule has 5 atom stereocenters. The van der Waals surface area contributed by atoms with Crippen molar-refractivity contribution in [2.45, 2.75) is 368 Å². The van der Waals surface area contributed by atoms with Gasteiger partial charge in [0.05, 0.1) is 26.4 Å². The van der Waals surface area contributed by atoms with Crippen LogP contribution in [0.1, 0.15) is 350 Å². The Balaban J connectivity index is 5.28. The standard InChI is InChI=1S/C73H138O17P2/c1-7-9-11-13-15-17-18-19-20-21-26-33-39-45-51-57-72(77)89-69(62-84-71(76)56-50-44-38-32-25-23-22-24-30-35-41-47-53-65(3)4)64-88-92(81,82)86-60-67(74)59-85-91(79,80)87-63-68(61-83-70(75)55-49-43-37-29-16-14-12-10-8-2)90-73(78)58-52-46-40-34-28-27-31-36-42-48-54-66(5)6/h17-20,65-69,74H,7-16,21-64H2,1-6H3,(H,79,80)(H,81,82)/b18-17-,20-19-/t67-,68+,69+/m0/s1. The van der Waals surface area contributed by atoms with E-state index in [9.17, 15) is 43.2 Å². The Morgan fingerprint density at radius 3 is 0.891 bits per heavy atom. The summed E-state index contributed by atoms with van der Waals surface area (Å²) in [6, 6.07) is 0. The zero-order valence-corrected chi connectivity index (χ0v) is 61.1. The first-order chi connectivity index (χ1) is 44.4. The minimum absolute atomic E-state index is 0.0850. The van der Waals surface area contributed by atoms with Gasteiger partial charge >= 0.3 is 39.5 Å². The van der Waals surface area contributed by atoms with Crippen LogP contribution in [0.25, 0.3) is 0 Å². The second-order valence-corrected chi connectivity index (χ2v) is 29.5. The second kappa shape index (κ2) is 64.5. The van der Waals surface area contributed by atoms with Crippen LogP contribution in [0.3, 0.4) is 0 Å². The minimum atomic E-state index is -4.96. The van der Waals surface area contributed by atoms with Crippen LogP contribution in [-0.4, -0.2) is 96.7 Å². The number of aliphatic hydroxyl groups excluding tert-OH is 1. The van der Waals surface area contributed by atoms with Crippen LogP contribution in [0.2, 0.25) is 0 Å². The predicted octanol–water partition coefficient (Wildman–Crippen LogP) is 20.7. The van der Waals surface area contributed by atoms with E-state index < -0.39 is 97.5 Å². The quantitative estimate of drug-likeness (QED) is 0.0169. The number of unbranched alkanes of at least 4 members (excludes halogenated alkanes) is 37. The molecule has 0 saturated carbocycles. The SMILES string of the molecule is CCCCCC/C=C\C=C/CCCCCCCC(=O)O[C@H](COC(=O)CCCCCCCCCCCCCCC(C)C)COP(=O)(O)OC[C@@H](O)COP(=O)(O)OC[C@@H](COC(=O)CCCCCCCCCCC)OC(=O)CCCCCCCCCCCCC(C)C. The van der Waals surface area contributed by atoms with Gasteiger partial charge in [0.25, 0.3) is 0 Å². The Hall–Kier alpha value is -2.46. The van der Waals surface area contributed by atoms with Crippen molar-refractivity contribution in [1.82, 2.24) is 0 Å². The number of allylic oxidation sites excluding steroid dienone is 4. The Bertz CT molecular complexity index is 1880. The Labute approximate surface area is 561 Å². The smallest absolute Gasteiger partial charge is 0.462 e. The summed E-state index contributed by atoms with van der Waals surface area (Å²) in [6.45, 7) is 9.49. The van der Waals surface area contributed by atoms with Crippen LogP contribution in [-0.2, 0) is 65.4 Å². The monoisotopic (exact) mass is 1350 g/mol. The van der Waals surface area contributed by atoms with E-state index >= 15 is 0 Å². The molecule has 0 heterocycles. The van der Waals surface area contributed by atoms with E-state index in [2.05, 4.69) is 65.8 Å². The van der Waals surface area contributed by atoms with Crippen molar-refractivity contribution in [3.8, 4) is 0 Å². The molecular weight excluding hydrogens is 1210 g/mol. The van der Waals surface area contributed by atoms with Crippen LogP contribution < -0.4 is 0 Å². The lowest BCUT2D eigenvalue weighted by molar-refractivity contribution is -0.161. The average molecular weight is 1350 g/mol. The van der Waals surface area contributed by atoms with Gasteiger partial charge in [-0.25, -0.2) is 9.13 Å². The second-order valence-electron chi connectivity index (χ2n) is 26.6. The van der Waals surface area contributed by atoms with Crippen molar-refractivity contribution in [3.05, 3.63) is 24.3 Å². The molecule has 92 heavy (non-hydrogen) atoms. The molecule has 0 aromatic rings. The average Bonchev–Trinajstić information content (AvgIpc) is 1.52. The van der Waals surface area contributed by atoms with Gasteiger partial charge in [-0.15, -0.1) is 0 Å². The molecule has 17 nitrogen and oxygen atoms in total. The maximum absolute atomic E-state index is 13.0. The van der Waals surface area contributed by atoms with Gasteiger partial charge in [-0.1, -0.05) is 297 Å². The van der Waals surface area contributed by atoms with E-state index in [1.807, 2.05) is 0 Å². The number of hydrogen-bond acceptors (Lipinski definition) is 15. The lowest BCUT2D eigenvalue weighted by atomic mass is 10.0. The van der Waals surface area contributed by atoms with E-state index in [0.717, 1.165) is 115 Å². The highest BCUT2D eigenvalue weighted by atomic mass is 31.2. The maximum atomic E-state index is 13.0. The van der Waals surface area contributed by atoms with Crippen molar-refractivity contribution < 1.29 is 80.2 Å². The third-order valence-electron chi connectivity index (χ3n) is 16.3. The molecule has 0 aliphatic carbocycles. The Morgan fingerprint density at radius 1 is 0.337 bits per heavy atom. The molecule has 3 N–H and O–H groups in total. The molecule has 0 aromatic carbocycles. The van der Waals surface area contributed by atoms with Crippen molar-refractivity contribution in [1.29, 1.82) is 0 Å². The lowest BCUT2D eigenvalue weighted by Crippen LogP contribution is -2.30. The number of hydrogen-bond donors (Lipinski definition) is 3. The van der Waals surface area contributed by atoms with Crippen molar-refractivity contribution in [3.63, 3.8) is 0 Å². The molecular formula is C73H138O17P2. The lowest BCUT2D eigenvalue weighted by Gasteiger charge is -2.21. The third-order valence-corrected chi connectivity index (χ3v) is 18.2. The number of ether oxygens (including phenoxy) is 4. The van der Waals surface area contributed by atoms with Gasteiger partial charge in [0.2, 0.25) is 0 Å². The van der Waals surface area contributed by atoms with Crippen LogP contribution in [0.5, 0.6) is 0 Å². The van der Waals surface area contributed by atoms with Gasteiger partial charge in [0.1, 0.15) is 19.3 Å². The molecule has 0 rings (SSSR count). The highest BCUT2D eigenvalue weighted by Crippen LogP contribution is 2.45. The molecule has 0 amide bonds. The van der Waals surface area contributed by atoms with Crippen molar-refractivity contribution >= 4 is 39.5 Å². The van der Waals surface area contributed by atoms with Crippen LogP contribution >= 0.6 is 15.6 Å². The summed E-state index contributed by atoms with van der Waals surface area (Å²) in [4.78, 5) is 72.6. The number of carbonyl (C=O) groups is 4. The molecule has 19 heteroatoms. The predicted molar refractivity (Wildman–Crippen MR) is 372 cm³/mol. The molecule has 0 aromatic heterocycles. The summed E-state index contributed by atoms with van der Waals surface area (Å²) < 4.78 is 68.3. The summed E-state index contributed by atoms with van der Waals surface area (Å²) in [6.07, 6.45) is 53.5. The number of carbonyl (C=O) groups excluding carboxylic acids is 4. The van der Waals surface area contributed by atoms with Gasteiger partial charge in [-0.05, 0) is 63.2 Å². The first kappa shape index (κ1) is 89.5. The molecule has 0 aliphatic heterocycles. The van der Waals surface area contributed by atoms with Crippen LogP contribution in [0.4, 0.5) is 0 Å². The van der Waals surface area contributed by atoms with E-state index in [1.54, 1.807) is 0 Å². The fraction of sp³-hybridized carbons (Fsp3) is 0.890. The maximum Gasteiger partial charge on any atom is 0.472 e. The molecule has 0 spiro atoms. The van der Waals surface area contributed by atoms with E-state index in [4.69, 9.17) is 37.0 Å². The number of aliphatic hydroxyl groups is 1. The summed E-state index contributed by atoms with van der Waals surface area (Å²) in [5.74, 6) is -0.621. The topological polar surface area (TPSA) is 237 Å². The zero-order valence-electron chi connectivity index (χ0n) is 59.3. The Morgan fingerprint density at radius 2 is 0.587 bits per heavy atom. The summed E-state index contributed by atoms with van der Waals surface area (Å²) in [5.41, 5.74) is 0. The fourth-order valence-corrected chi connectivity index (χ4v) is 12.2. The molecule has 542 valence electrons. The minimum Gasteiger partial charge on any atom is -0.462 e. The third kappa shape index (κ3) is 66.2. The van der Waals surface area contributed by atoms with Gasteiger partial charge in [-0.2, -0.15) is 0 Å². The molecule has 2 unspecified atom stereocenters. The highest BCUT2D eigenvalue weighted by Gasteiger charge is 2.30. The molecule has 0 fully saturated rings. The molecule has 0 radical (unpaired) electrons. The first-order valence-electron chi connectivity index (χ1n) is 37.3. The van der Waals surface area contributed by atoms with Crippen LogP contribution in [0, 0.1) is 11.8 Å². The van der Waals surface area contributed by atoms with E-state index in [1.165, 1.54) is 154 Å². The normalized spacial score (nSPS) is 14.2. The van der Waals surface area contributed by atoms with Crippen LogP contribution in [0.15, 0.2) is 24.3 Å². The summed E-state index contributed by atoms with van der Waals surface area (Å²) in [5, 5.41) is 10.6. The number of rotatable bonds is 70. The van der Waals surface area contributed by atoms with E-state index in [-0.39, 0.29) is 25.7 Å². The zero-order chi connectivity index (χ0) is 67.9.